The molecule has 1 heterocycles. The van der Waals surface area contributed by atoms with Crippen LogP contribution in [0.1, 0.15) is 12.5 Å². The van der Waals surface area contributed by atoms with E-state index < -0.39 is 0 Å². The first-order valence-corrected chi connectivity index (χ1v) is 2.98. The van der Waals surface area contributed by atoms with Crippen LogP contribution in [0.15, 0.2) is 23.3 Å². The van der Waals surface area contributed by atoms with E-state index in [-0.39, 0.29) is 0 Å². The SMILES string of the molecule is C=C(C)c1coc(Cl)c1. The zero-order chi connectivity index (χ0) is 6.85. The number of allylic oxidation sites excluding steroid dienone is 1. The number of halogens is 1. The quantitative estimate of drug-likeness (QED) is 0.588. The van der Waals surface area contributed by atoms with Gasteiger partial charge in [-0.3, -0.25) is 0 Å². The molecule has 0 bridgehead atoms. The van der Waals surface area contributed by atoms with Gasteiger partial charge in [-0.05, 0) is 24.1 Å². The predicted octanol–water partition coefficient (Wildman–Crippen LogP) is 2.97. The molecule has 0 aromatic carbocycles. The molecule has 9 heavy (non-hydrogen) atoms. The van der Waals surface area contributed by atoms with Crippen LogP contribution in [-0.2, 0) is 0 Å². The Balaban J connectivity index is 2.98. The second-order valence-corrected chi connectivity index (χ2v) is 2.29. The summed E-state index contributed by atoms with van der Waals surface area (Å²) in [6, 6.07) is 1.74. The third kappa shape index (κ3) is 1.36. The van der Waals surface area contributed by atoms with Gasteiger partial charge in [-0.25, -0.2) is 0 Å². The van der Waals surface area contributed by atoms with Crippen molar-refractivity contribution in [1.29, 1.82) is 0 Å². The summed E-state index contributed by atoms with van der Waals surface area (Å²) in [7, 11) is 0. The summed E-state index contributed by atoms with van der Waals surface area (Å²) in [6.45, 7) is 5.62. The normalized spacial score (nSPS) is 9.56. The molecule has 0 saturated carbocycles. The maximum absolute atomic E-state index is 5.50. The van der Waals surface area contributed by atoms with E-state index in [2.05, 4.69) is 6.58 Å². The maximum Gasteiger partial charge on any atom is 0.193 e. The lowest BCUT2D eigenvalue weighted by atomic mass is 10.2. The van der Waals surface area contributed by atoms with Gasteiger partial charge in [0.2, 0.25) is 0 Å². The lowest BCUT2D eigenvalue weighted by molar-refractivity contribution is 0.568. The van der Waals surface area contributed by atoms with Gasteiger partial charge >= 0.3 is 0 Å². The average Bonchev–Trinajstić information content (AvgIpc) is 2.14. The molecule has 0 spiro atoms. The van der Waals surface area contributed by atoms with Gasteiger partial charge in [0.15, 0.2) is 5.22 Å². The van der Waals surface area contributed by atoms with Crippen molar-refractivity contribution in [3.8, 4) is 0 Å². The van der Waals surface area contributed by atoms with Crippen LogP contribution in [0.4, 0.5) is 0 Å². The van der Waals surface area contributed by atoms with Gasteiger partial charge in [-0.2, -0.15) is 0 Å². The van der Waals surface area contributed by atoms with E-state index in [1.807, 2.05) is 6.92 Å². The van der Waals surface area contributed by atoms with Crippen molar-refractivity contribution in [3.63, 3.8) is 0 Å². The zero-order valence-electron chi connectivity index (χ0n) is 5.15. The Bertz CT molecular complexity index is 225. The number of hydrogen-bond acceptors (Lipinski definition) is 1. The minimum atomic E-state index is 0.410. The lowest BCUT2D eigenvalue weighted by Gasteiger charge is -1.85. The topological polar surface area (TPSA) is 13.1 Å². The number of hydrogen-bond donors (Lipinski definition) is 0. The molecular weight excluding hydrogens is 136 g/mol. The molecule has 0 radical (unpaired) electrons. The molecular formula is C7H7ClO. The Labute approximate surface area is 58.9 Å². The van der Waals surface area contributed by atoms with Crippen molar-refractivity contribution in [2.75, 3.05) is 0 Å². The van der Waals surface area contributed by atoms with Crippen LogP contribution in [0.5, 0.6) is 0 Å². The van der Waals surface area contributed by atoms with Gasteiger partial charge in [0.25, 0.3) is 0 Å². The first kappa shape index (κ1) is 6.43. The minimum Gasteiger partial charge on any atom is -0.452 e. The van der Waals surface area contributed by atoms with Crippen LogP contribution in [0.25, 0.3) is 5.57 Å². The Hall–Kier alpha value is -0.690. The molecule has 1 aromatic rings. The van der Waals surface area contributed by atoms with E-state index in [4.69, 9.17) is 16.0 Å². The summed E-state index contributed by atoms with van der Waals surface area (Å²) in [5, 5.41) is 0.410. The maximum atomic E-state index is 5.50. The first-order chi connectivity index (χ1) is 4.20. The monoisotopic (exact) mass is 142 g/mol. The molecule has 0 aliphatic carbocycles. The molecule has 0 aliphatic rings. The summed E-state index contributed by atoms with van der Waals surface area (Å²) >= 11 is 5.50. The van der Waals surface area contributed by atoms with Crippen LogP contribution in [-0.4, -0.2) is 0 Å². The van der Waals surface area contributed by atoms with E-state index in [9.17, 15) is 0 Å². The highest BCUT2D eigenvalue weighted by Gasteiger charge is 1.96. The minimum absolute atomic E-state index is 0.410. The summed E-state index contributed by atoms with van der Waals surface area (Å²) in [6.07, 6.45) is 1.59. The summed E-state index contributed by atoms with van der Waals surface area (Å²) in [4.78, 5) is 0. The molecule has 0 atom stereocenters. The smallest absolute Gasteiger partial charge is 0.193 e. The Morgan fingerprint density at radius 3 is 2.67 bits per heavy atom. The van der Waals surface area contributed by atoms with Crippen molar-refractivity contribution in [1.82, 2.24) is 0 Å². The fraction of sp³-hybridized carbons (Fsp3) is 0.143. The Kier molecular flexibility index (Phi) is 1.63. The van der Waals surface area contributed by atoms with E-state index >= 15 is 0 Å². The van der Waals surface area contributed by atoms with Gasteiger partial charge in [-0.1, -0.05) is 6.58 Å². The van der Waals surface area contributed by atoms with Gasteiger partial charge in [0, 0.05) is 11.6 Å². The summed E-state index contributed by atoms with van der Waals surface area (Å²) in [5.41, 5.74) is 1.92. The molecule has 1 rings (SSSR count). The highest BCUT2D eigenvalue weighted by Crippen LogP contribution is 2.18. The van der Waals surface area contributed by atoms with E-state index in [1.54, 1.807) is 12.3 Å². The fourth-order valence-electron chi connectivity index (χ4n) is 0.534. The van der Waals surface area contributed by atoms with Crippen molar-refractivity contribution in [2.24, 2.45) is 0 Å². The van der Waals surface area contributed by atoms with Crippen LogP contribution < -0.4 is 0 Å². The summed E-state index contributed by atoms with van der Waals surface area (Å²) in [5.74, 6) is 0. The lowest BCUT2D eigenvalue weighted by Crippen LogP contribution is -1.65. The molecule has 0 unspecified atom stereocenters. The Morgan fingerprint density at radius 1 is 1.78 bits per heavy atom. The molecule has 1 nitrogen and oxygen atoms in total. The van der Waals surface area contributed by atoms with E-state index in [0.29, 0.717) is 5.22 Å². The number of rotatable bonds is 1. The fourth-order valence-corrected chi connectivity index (χ4v) is 0.696. The van der Waals surface area contributed by atoms with Crippen molar-refractivity contribution >= 4 is 17.2 Å². The molecule has 0 saturated heterocycles. The largest absolute Gasteiger partial charge is 0.452 e. The second-order valence-electron chi connectivity index (χ2n) is 1.92. The van der Waals surface area contributed by atoms with E-state index in [1.165, 1.54) is 0 Å². The first-order valence-electron chi connectivity index (χ1n) is 2.60. The van der Waals surface area contributed by atoms with Crippen LogP contribution >= 0.6 is 11.6 Å². The third-order valence-electron chi connectivity index (χ3n) is 1.06. The van der Waals surface area contributed by atoms with Crippen molar-refractivity contribution in [2.45, 2.75) is 6.92 Å². The standard InChI is InChI=1S/C7H7ClO/c1-5(2)6-3-7(8)9-4-6/h3-4H,1H2,2H3. The summed E-state index contributed by atoms with van der Waals surface area (Å²) < 4.78 is 4.83. The second kappa shape index (κ2) is 2.28. The van der Waals surface area contributed by atoms with Crippen molar-refractivity contribution < 1.29 is 4.42 Å². The zero-order valence-corrected chi connectivity index (χ0v) is 5.90. The van der Waals surface area contributed by atoms with E-state index in [0.717, 1.165) is 11.1 Å². The molecule has 0 fully saturated rings. The molecule has 2 heteroatoms. The van der Waals surface area contributed by atoms with Gasteiger partial charge in [0.05, 0.1) is 6.26 Å². The highest BCUT2D eigenvalue weighted by atomic mass is 35.5. The van der Waals surface area contributed by atoms with Crippen LogP contribution in [0.3, 0.4) is 0 Å². The number of furan rings is 1. The molecule has 0 amide bonds. The van der Waals surface area contributed by atoms with Crippen molar-refractivity contribution in [3.05, 3.63) is 29.7 Å². The van der Waals surface area contributed by atoms with Crippen LogP contribution in [0, 0.1) is 0 Å². The highest BCUT2D eigenvalue weighted by molar-refractivity contribution is 6.29. The Morgan fingerprint density at radius 2 is 2.44 bits per heavy atom. The molecule has 1 aromatic heterocycles. The molecule has 48 valence electrons. The van der Waals surface area contributed by atoms with Crippen LogP contribution in [0.2, 0.25) is 5.22 Å². The van der Waals surface area contributed by atoms with Gasteiger partial charge < -0.3 is 4.42 Å². The molecule has 0 aliphatic heterocycles. The van der Waals surface area contributed by atoms with Gasteiger partial charge in [-0.15, -0.1) is 0 Å². The average molecular weight is 143 g/mol. The molecule has 0 N–H and O–H groups in total. The third-order valence-corrected chi connectivity index (χ3v) is 1.26. The predicted molar refractivity (Wildman–Crippen MR) is 38.4 cm³/mol. The van der Waals surface area contributed by atoms with Gasteiger partial charge in [0.1, 0.15) is 0 Å².